The summed E-state index contributed by atoms with van der Waals surface area (Å²) in [6.45, 7) is 0. The summed E-state index contributed by atoms with van der Waals surface area (Å²) < 4.78 is 5.79. The third kappa shape index (κ3) is 2.20. The summed E-state index contributed by atoms with van der Waals surface area (Å²) in [5.41, 5.74) is 3.65. The molecule has 0 saturated carbocycles. The third-order valence-electron chi connectivity index (χ3n) is 6.51. The van der Waals surface area contributed by atoms with Gasteiger partial charge in [-0.2, -0.15) is 0 Å². The number of benzene rings is 6. The van der Waals surface area contributed by atoms with Crippen molar-refractivity contribution in [2.24, 2.45) is 0 Å². The van der Waals surface area contributed by atoms with Gasteiger partial charge in [0.2, 0.25) is 0 Å². The predicted molar refractivity (Wildman–Crippen MR) is 134 cm³/mol. The van der Waals surface area contributed by atoms with Crippen LogP contribution in [0.4, 0.5) is 0 Å². The van der Waals surface area contributed by atoms with Crippen molar-refractivity contribution in [1.82, 2.24) is 9.97 Å². The third-order valence-corrected chi connectivity index (χ3v) is 6.51. The molecule has 0 amide bonds. The number of methoxy groups -OCH3 is 1. The Morgan fingerprint density at radius 2 is 0.844 bits per heavy atom. The van der Waals surface area contributed by atoms with Crippen LogP contribution in [0.5, 0.6) is 5.75 Å². The number of ether oxygens (including phenoxy) is 1. The van der Waals surface area contributed by atoms with E-state index in [1.807, 2.05) is 12.1 Å². The van der Waals surface area contributed by atoms with Gasteiger partial charge in [-0.25, -0.2) is 9.97 Å². The monoisotopic (exact) mass is 410 g/mol. The molecular weight excluding hydrogens is 392 g/mol. The molecule has 0 fully saturated rings. The molecule has 32 heavy (non-hydrogen) atoms. The minimum absolute atomic E-state index is 0.817. The molecule has 6 aromatic carbocycles. The summed E-state index contributed by atoms with van der Waals surface area (Å²) in [6.07, 6.45) is 0. The van der Waals surface area contributed by atoms with Crippen LogP contribution in [0.15, 0.2) is 91.0 Å². The maximum atomic E-state index is 5.79. The highest BCUT2D eigenvalue weighted by Crippen LogP contribution is 2.40. The highest BCUT2D eigenvalue weighted by Gasteiger charge is 2.17. The predicted octanol–water partition coefficient (Wildman–Crippen LogP) is 7.40. The Bertz CT molecular complexity index is 1870. The van der Waals surface area contributed by atoms with Crippen molar-refractivity contribution in [3.05, 3.63) is 91.0 Å². The van der Waals surface area contributed by atoms with Crippen LogP contribution in [0.1, 0.15) is 0 Å². The average molecular weight is 410 g/mol. The van der Waals surface area contributed by atoms with Crippen LogP contribution < -0.4 is 4.74 Å². The second kappa shape index (κ2) is 6.38. The fourth-order valence-electron chi connectivity index (χ4n) is 5.12. The number of hydrogen-bond donors (Lipinski definition) is 0. The first-order chi connectivity index (χ1) is 15.8. The summed E-state index contributed by atoms with van der Waals surface area (Å²) in [5.74, 6) is 0.817. The van der Waals surface area contributed by atoms with Gasteiger partial charge in [0.25, 0.3) is 0 Å². The second-order valence-corrected chi connectivity index (χ2v) is 8.14. The van der Waals surface area contributed by atoms with Gasteiger partial charge >= 0.3 is 0 Å². The van der Waals surface area contributed by atoms with Gasteiger partial charge in [0.15, 0.2) is 0 Å². The molecule has 7 aromatic rings. The van der Waals surface area contributed by atoms with Crippen molar-refractivity contribution in [3.63, 3.8) is 0 Å². The molecule has 0 aliphatic carbocycles. The molecule has 150 valence electrons. The lowest BCUT2D eigenvalue weighted by atomic mass is 9.97. The fraction of sp³-hybridized carbons (Fsp3) is 0.0345. The molecule has 0 radical (unpaired) electrons. The molecule has 0 bridgehead atoms. The number of aromatic nitrogens is 2. The standard InChI is InChI=1S/C29H18N2O/c1-32-24-16-8-15-20-19-11-4-7-14-23(19)28-29(25(20)24)31-27-22-13-6-3-10-18(22)17-9-2-5-12-21(17)26(27)30-28/h2-16H,1H3. The quantitative estimate of drug-likeness (QED) is 0.209. The van der Waals surface area contributed by atoms with Gasteiger partial charge < -0.3 is 4.74 Å². The lowest BCUT2D eigenvalue weighted by molar-refractivity contribution is 0.420. The highest BCUT2D eigenvalue weighted by atomic mass is 16.5. The van der Waals surface area contributed by atoms with Gasteiger partial charge in [0.05, 0.1) is 29.0 Å². The molecule has 0 atom stereocenters. The van der Waals surface area contributed by atoms with Gasteiger partial charge in [-0.3, -0.25) is 0 Å². The van der Waals surface area contributed by atoms with Gasteiger partial charge in [-0.15, -0.1) is 0 Å². The first-order valence-electron chi connectivity index (χ1n) is 10.7. The van der Waals surface area contributed by atoms with Crippen LogP contribution in [0.3, 0.4) is 0 Å². The van der Waals surface area contributed by atoms with E-state index in [9.17, 15) is 0 Å². The van der Waals surface area contributed by atoms with Crippen LogP contribution in [-0.2, 0) is 0 Å². The van der Waals surface area contributed by atoms with Gasteiger partial charge in [-0.05, 0) is 27.6 Å². The lowest BCUT2D eigenvalue weighted by Crippen LogP contribution is -1.95. The topological polar surface area (TPSA) is 35.0 Å². The Hall–Kier alpha value is -4.24. The van der Waals surface area contributed by atoms with E-state index in [2.05, 4.69) is 78.9 Å². The Kier molecular flexibility index (Phi) is 3.48. The summed E-state index contributed by atoms with van der Waals surface area (Å²) in [6, 6.07) is 31.6. The molecule has 0 N–H and O–H groups in total. The maximum absolute atomic E-state index is 5.79. The van der Waals surface area contributed by atoms with Gasteiger partial charge in [0, 0.05) is 16.2 Å². The van der Waals surface area contributed by atoms with Crippen molar-refractivity contribution in [2.75, 3.05) is 7.11 Å². The molecule has 0 aliphatic heterocycles. The molecule has 7 rings (SSSR count). The average Bonchev–Trinajstić information content (AvgIpc) is 2.87. The van der Waals surface area contributed by atoms with Crippen molar-refractivity contribution in [3.8, 4) is 5.75 Å². The summed E-state index contributed by atoms with van der Waals surface area (Å²) in [7, 11) is 1.72. The highest BCUT2D eigenvalue weighted by molar-refractivity contribution is 6.29. The van der Waals surface area contributed by atoms with Crippen molar-refractivity contribution < 1.29 is 4.74 Å². The first kappa shape index (κ1) is 17.4. The van der Waals surface area contributed by atoms with Crippen LogP contribution in [0.2, 0.25) is 0 Å². The van der Waals surface area contributed by atoms with E-state index in [4.69, 9.17) is 14.7 Å². The zero-order valence-electron chi connectivity index (χ0n) is 17.5. The van der Waals surface area contributed by atoms with Gasteiger partial charge in [0.1, 0.15) is 11.3 Å². The number of rotatable bonds is 1. The normalized spacial score (nSPS) is 11.9. The van der Waals surface area contributed by atoms with E-state index in [1.165, 1.54) is 10.8 Å². The van der Waals surface area contributed by atoms with Crippen molar-refractivity contribution >= 4 is 65.2 Å². The van der Waals surface area contributed by atoms with E-state index in [0.717, 1.165) is 60.1 Å². The Morgan fingerprint density at radius 1 is 0.438 bits per heavy atom. The van der Waals surface area contributed by atoms with Crippen LogP contribution in [0, 0.1) is 0 Å². The van der Waals surface area contributed by atoms with E-state index < -0.39 is 0 Å². The van der Waals surface area contributed by atoms with Crippen LogP contribution in [0.25, 0.3) is 65.2 Å². The minimum atomic E-state index is 0.817. The Balaban J connectivity index is 1.85. The van der Waals surface area contributed by atoms with Crippen LogP contribution >= 0.6 is 0 Å². The largest absolute Gasteiger partial charge is 0.496 e. The molecule has 3 nitrogen and oxygen atoms in total. The number of hydrogen-bond acceptors (Lipinski definition) is 3. The summed E-state index contributed by atoms with van der Waals surface area (Å²) >= 11 is 0. The molecule has 1 aromatic heterocycles. The first-order valence-corrected chi connectivity index (χ1v) is 10.7. The molecular formula is C29H18N2O. The zero-order valence-corrected chi connectivity index (χ0v) is 17.5. The summed E-state index contributed by atoms with van der Waals surface area (Å²) in [5, 5.41) is 9.05. The Labute approximate surface area is 183 Å². The minimum Gasteiger partial charge on any atom is -0.496 e. The summed E-state index contributed by atoms with van der Waals surface area (Å²) in [4.78, 5) is 10.6. The number of fused-ring (bicyclic) bond motifs is 12. The lowest BCUT2D eigenvalue weighted by Gasteiger charge is -2.14. The van der Waals surface area contributed by atoms with E-state index in [1.54, 1.807) is 7.11 Å². The number of nitrogens with zero attached hydrogens (tertiary/aromatic N) is 2. The van der Waals surface area contributed by atoms with Crippen molar-refractivity contribution in [1.29, 1.82) is 0 Å². The maximum Gasteiger partial charge on any atom is 0.128 e. The smallest absolute Gasteiger partial charge is 0.128 e. The van der Waals surface area contributed by atoms with E-state index >= 15 is 0 Å². The fourth-order valence-corrected chi connectivity index (χ4v) is 5.12. The van der Waals surface area contributed by atoms with Crippen LogP contribution in [-0.4, -0.2) is 17.1 Å². The molecule has 3 heteroatoms. The molecule has 0 saturated heterocycles. The Morgan fingerprint density at radius 3 is 1.38 bits per heavy atom. The molecule has 1 heterocycles. The molecule has 0 spiro atoms. The van der Waals surface area contributed by atoms with Gasteiger partial charge in [-0.1, -0.05) is 84.9 Å². The SMILES string of the molecule is COc1cccc2c3ccccc3c3nc4c5ccccc5c5ccccc5c4nc3c12. The second-order valence-electron chi connectivity index (χ2n) is 8.14. The van der Waals surface area contributed by atoms with Crippen molar-refractivity contribution in [2.45, 2.75) is 0 Å². The zero-order chi connectivity index (χ0) is 21.2. The van der Waals surface area contributed by atoms with E-state index in [0.29, 0.717) is 0 Å². The van der Waals surface area contributed by atoms with E-state index in [-0.39, 0.29) is 0 Å². The molecule has 0 unspecified atom stereocenters. The molecule has 0 aliphatic rings.